The van der Waals surface area contributed by atoms with Gasteiger partial charge >= 0.3 is 0 Å². The molecule has 6 heteroatoms. The minimum atomic E-state index is 0. The van der Waals surface area contributed by atoms with Gasteiger partial charge in [-0.3, -0.25) is 9.89 Å². The Morgan fingerprint density at radius 1 is 1.25 bits per heavy atom. The van der Waals surface area contributed by atoms with Crippen molar-refractivity contribution in [3.05, 3.63) is 59.8 Å². The summed E-state index contributed by atoms with van der Waals surface area (Å²) < 4.78 is 0. The smallest absolute Gasteiger partial charge is 0.194 e. The molecular weight excluding hydrogens is 413 g/mol. The summed E-state index contributed by atoms with van der Waals surface area (Å²) in [7, 11) is 0. The Labute approximate surface area is 160 Å². The number of nitrogens with one attached hydrogen (secondary N) is 1. The van der Waals surface area contributed by atoms with Crippen LogP contribution >= 0.6 is 24.0 Å². The monoisotopic (exact) mass is 437 g/mol. The number of nitrogens with two attached hydrogens (primary N) is 1. The number of benzene rings is 1. The first-order valence-corrected chi connectivity index (χ1v) is 8.01. The lowest BCUT2D eigenvalue weighted by Crippen LogP contribution is -2.39. The summed E-state index contributed by atoms with van der Waals surface area (Å²) in [5.41, 5.74) is 8.83. The molecule has 3 rings (SSSR count). The van der Waals surface area contributed by atoms with Crippen LogP contribution in [-0.2, 0) is 13.0 Å². The van der Waals surface area contributed by atoms with E-state index < -0.39 is 0 Å². The van der Waals surface area contributed by atoms with Crippen molar-refractivity contribution in [2.24, 2.45) is 10.7 Å². The second-order valence-corrected chi connectivity index (χ2v) is 5.90. The van der Waals surface area contributed by atoms with E-state index in [0.29, 0.717) is 24.4 Å². The third-order valence-electron chi connectivity index (χ3n) is 4.23. The Kier molecular flexibility index (Phi) is 6.99. The summed E-state index contributed by atoms with van der Waals surface area (Å²) >= 11 is 0. The first kappa shape index (κ1) is 18.7. The first-order chi connectivity index (χ1) is 11.2. The molecule has 1 aromatic heterocycles. The molecule has 0 fully saturated rings. The summed E-state index contributed by atoms with van der Waals surface area (Å²) in [4.78, 5) is 11.1. The molecule has 1 unspecified atom stereocenters. The molecule has 0 saturated carbocycles. The summed E-state index contributed by atoms with van der Waals surface area (Å²) in [6.45, 7) is 4.93. The molecule has 0 aliphatic carbocycles. The molecule has 24 heavy (non-hydrogen) atoms. The highest BCUT2D eigenvalue weighted by Gasteiger charge is 2.19. The van der Waals surface area contributed by atoms with Crippen molar-refractivity contribution in [3.63, 3.8) is 0 Å². The topological polar surface area (TPSA) is 66.5 Å². The van der Waals surface area contributed by atoms with E-state index in [1.807, 2.05) is 18.2 Å². The molecule has 5 nitrogen and oxygen atoms in total. The molecule has 0 bridgehead atoms. The van der Waals surface area contributed by atoms with E-state index in [1.54, 1.807) is 6.20 Å². The lowest BCUT2D eigenvalue weighted by molar-refractivity contribution is 0.195. The quantitative estimate of drug-likeness (QED) is 0.439. The van der Waals surface area contributed by atoms with E-state index in [1.165, 1.54) is 11.1 Å². The maximum absolute atomic E-state index is 5.94. The second-order valence-electron chi connectivity index (χ2n) is 5.90. The van der Waals surface area contributed by atoms with Crippen molar-refractivity contribution in [1.82, 2.24) is 9.88 Å². The standard InChI is InChI=1S/C18H23N5.HI/c1-14(12-21-18(19)22-17-8-4-5-10-20-17)23-11-9-15-6-2-3-7-16(15)13-23;/h2-8,10,14H,9,11-13H2,1H3,(H3,19,20,21,22);1H. The van der Waals surface area contributed by atoms with Crippen LogP contribution in [0.15, 0.2) is 53.7 Å². The molecule has 1 aliphatic heterocycles. The fourth-order valence-corrected chi connectivity index (χ4v) is 2.85. The number of fused-ring (bicyclic) bond motifs is 1. The predicted molar refractivity (Wildman–Crippen MR) is 110 cm³/mol. The van der Waals surface area contributed by atoms with Crippen LogP contribution in [0.1, 0.15) is 18.1 Å². The number of nitrogens with zero attached hydrogens (tertiary/aromatic N) is 3. The van der Waals surface area contributed by atoms with E-state index in [0.717, 1.165) is 19.5 Å². The molecule has 1 atom stereocenters. The van der Waals surface area contributed by atoms with Crippen LogP contribution in [0, 0.1) is 0 Å². The Hall–Kier alpha value is -1.67. The average molecular weight is 437 g/mol. The SMILES string of the molecule is CC(CN=C(N)Nc1ccccn1)N1CCc2ccccc2C1.I. The number of halogens is 1. The van der Waals surface area contributed by atoms with Crippen molar-refractivity contribution in [2.45, 2.75) is 25.9 Å². The van der Waals surface area contributed by atoms with Crippen molar-refractivity contribution in [1.29, 1.82) is 0 Å². The van der Waals surface area contributed by atoms with Gasteiger partial charge in [0.1, 0.15) is 5.82 Å². The molecular formula is C18H24IN5. The van der Waals surface area contributed by atoms with Gasteiger partial charge in [-0.1, -0.05) is 30.3 Å². The van der Waals surface area contributed by atoms with E-state index in [4.69, 9.17) is 5.73 Å². The normalized spacial score (nSPS) is 16.0. The van der Waals surface area contributed by atoms with Gasteiger partial charge in [-0.05, 0) is 36.6 Å². The highest BCUT2D eigenvalue weighted by molar-refractivity contribution is 14.0. The third-order valence-corrected chi connectivity index (χ3v) is 4.23. The molecule has 0 saturated heterocycles. The number of rotatable bonds is 4. The summed E-state index contributed by atoms with van der Waals surface area (Å²) in [5, 5.41) is 3.01. The van der Waals surface area contributed by atoms with E-state index in [9.17, 15) is 0 Å². The number of hydrogen-bond donors (Lipinski definition) is 2. The minimum absolute atomic E-state index is 0. The van der Waals surface area contributed by atoms with Gasteiger partial charge < -0.3 is 11.1 Å². The fraction of sp³-hybridized carbons (Fsp3) is 0.333. The molecule has 1 aromatic carbocycles. The number of guanidine groups is 1. The molecule has 128 valence electrons. The molecule has 2 heterocycles. The van der Waals surface area contributed by atoms with Gasteiger partial charge in [0, 0.05) is 25.3 Å². The van der Waals surface area contributed by atoms with E-state index >= 15 is 0 Å². The lowest BCUT2D eigenvalue weighted by atomic mass is 9.99. The minimum Gasteiger partial charge on any atom is -0.370 e. The summed E-state index contributed by atoms with van der Waals surface area (Å²) in [6, 6.07) is 14.7. The maximum Gasteiger partial charge on any atom is 0.194 e. The number of anilines is 1. The Morgan fingerprint density at radius 3 is 2.75 bits per heavy atom. The predicted octanol–water partition coefficient (Wildman–Crippen LogP) is 2.87. The highest BCUT2D eigenvalue weighted by atomic mass is 127. The first-order valence-electron chi connectivity index (χ1n) is 8.01. The number of aliphatic imine (C=N–C) groups is 1. The van der Waals surface area contributed by atoms with Gasteiger partial charge in [-0.15, -0.1) is 24.0 Å². The van der Waals surface area contributed by atoms with Gasteiger partial charge in [0.15, 0.2) is 5.96 Å². The van der Waals surface area contributed by atoms with Crippen LogP contribution in [0.3, 0.4) is 0 Å². The zero-order valence-electron chi connectivity index (χ0n) is 13.9. The molecule has 0 spiro atoms. The fourth-order valence-electron chi connectivity index (χ4n) is 2.85. The number of hydrogen-bond acceptors (Lipinski definition) is 3. The molecule has 0 radical (unpaired) electrons. The Morgan fingerprint density at radius 2 is 2.00 bits per heavy atom. The van der Waals surface area contributed by atoms with E-state index in [2.05, 4.69) is 51.4 Å². The third kappa shape index (κ3) is 4.91. The van der Waals surface area contributed by atoms with Gasteiger partial charge in [0.2, 0.25) is 0 Å². The summed E-state index contributed by atoms with van der Waals surface area (Å²) in [6.07, 6.45) is 2.83. The zero-order chi connectivity index (χ0) is 16.1. The highest BCUT2D eigenvalue weighted by Crippen LogP contribution is 2.20. The van der Waals surface area contributed by atoms with Crippen molar-refractivity contribution >= 4 is 35.8 Å². The number of pyridine rings is 1. The van der Waals surface area contributed by atoms with E-state index in [-0.39, 0.29) is 24.0 Å². The van der Waals surface area contributed by atoms with Crippen LogP contribution in [0.5, 0.6) is 0 Å². The Bertz CT molecular complexity index is 674. The average Bonchev–Trinajstić information content (AvgIpc) is 2.60. The van der Waals surface area contributed by atoms with Gasteiger partial charge in [0.05, 0.1) is 6.54 Å². The van der Waals surface area contributed by atoms with Gasteiger partial charge in [-0.25, -0.2) is 4.98 Å². The van der Waals surface area contributed by atoms with Crippen molar-refractivity contribution in [3.8, 4) is 0 Å². The van der Waals surface area contributed by atoms with Crippen LogP contribution in [0.2, 0.25) is 0 Å². The summed E-state index contributed by atoms with van der Waals surface area (Å²) in [5.74, 6) is 1.13. The Balaban J connectivity index is 0.00000208. The molecule has 2 aromatic rings. The van der Waals surface area contributed by atoms with Crippen molar-refractivity contribution in [2.75, 3.05) is 18.4 Å². The number of aromatic nitrogens is 1. The largest absolute Gasteiger partial charge is 0.370 e. The van der Waals surface area contributed by atoms with Crippen molar-refractivity contribution < 1.29 is 0 Å². The van der Waals surface area contributed by atoms with Gasteiger partial charge in [-0.2, -0.15) is 0 Å². The second kappa shape index (κ2) is 8.98. The van der Waals surface area contributed by atoms with Crippen LogP contribution in [0.4, 0.5) is 5.82 Å². The van der Waals surface area contributed by atoms with Crippen LogP contribution in [-0.4, -0.2) is 35.0 Å². The van der Waals surface area contributed by atoms with Crippen LogP contribution in [0.25, 0.3) is 0 Å². The molecule has 3 N–H and O–H groups in total. The van der Waals surface area contributed by atoms with Crippen LogP contribution < -0.4 is 11.1 Å². The van der Waals surface area contributed by atoms with Gasteiger partial charge in [0.25, 0.3) is 0 Å². The molecule has 1 aliphatic rings. The lowest BCUT2D eigenvalue weighted by Gasteiger charge is -2.33. The maximum atomic E-state index is 5.94. The molecule has 0 amide bonds. The zero-order valence-corrected chi connectivity index (χ0v) is 16.2.